The van der Waals surface area contributed by atoms with Crippen molar-refractivity contribution >= 4 is 39.1 Å². The lowest BCUT2D eigenvalue weighted by atomic mass is 10.1. The molecule has 0 aliphatic heterocycles. The highest BCUT2D eigenvalue weighted by atomic mass is 79.9. The molecule has 0 aromatic heterocycles. The SMILES string of the molecule is CCN(C(=O)c1cccc(Br)c1Cl)c1ccccc1C. The molecular weight excluding hydrogens is 338 g/mol. The van der Waals surface area contributed by atoms with Crippen molar-refractivity contribution in [2.24, 2.45) is 0 Å². The fourth-order valence-electron chi connectivity index (χ4n) is 2.10. The lowest BCUT2D eigenvalue weighted by molar-refractivity contribution is 0.0988. The van der Waals surface area contributed by atoms with Crippen molar-refractivity contribution in [3.8, 4) is 0 Å². The highest BCUT2D eigenvalue weighted by Gasteiger charge is 2.20. The van der Waals surface area contributed by atoms with E-state index in [9.17, 15) is 4.79 Å². The first-order valence-corrected chi connectivity index (χ1v) is 7.54. The number of anilines is 1. The normalized spacial score (nSPS) is 10.4. The Kier molecular flexibility index (Phi) is 4.84. The molecule has 0 aliphatic rings. The Bertz CT molecular complexity index is 642. The van der Waals surface area contributed by atoms with Crippen LogP contribution >= 0.6 is 27.5 Å². The first-order valence-electron chi connectivity index (χ1n) is 6.37. The van der Waals surface area contributed by atoms with E-state index in [2.05, 4.69) is 15.9 Å². The zero-order valence-electron chi connectivity index (χ0n) is 11.4. The smallest absolute Gasteiger partial charge is 0.259 e. The minimum Gasteiger partial charge on any atom is -0.308 e. The maximum Gasteiger partial charge on any atom is 0.259 e. The molecule has 0 unspecified atom stereocenters. The molecule has 0 saturated carbocycles. The van der Waals surface area contributed by atoms with E-state index in [0.29, 0.717) is 17.1 Å². The minimum absolute atomic E-state index is 0.0897. The highest BCUT2D eigenvalue weighted by molar-refractivity contribution is 9.10. The van der Waals surface area contributed by atoms with Crippen LogP contribution in [0.5, 0.6) is 0 Å². The predicted octanol–water partition coefficient (Wildman–Crippen LogP) is 5.08. The second-order valence-corrected chi connectivity index (χ2v) is 5.67. The molecule has 0 fully saturated rings. The summed E-state index contributed by atoms with van der Waals surface area (Å²) in [5.41, 5.74) is 2.48. The summed E-state index contributed by atoms with van der Waals surface area (Å²) in [5.74, 6) is -0.0897. The summed E-state index contributed by atoms with van der Waals surface area (Å²) in [4.78, 5) is 14.5. The fourth-order valence-corrected chi connectivity index (χ4v) is 2.68. The molecule has 20 heavy (non-hydrogen) atoms. The first kappa shape index (κ1) is 15.1. The van der Waals surface area contributed by atoms with E-state index in [1.54, 1.807) is 11.0 Å². The Labute approximate surface area is 132 Å². The third-order valence-corrected chi connectivity index (χ3v) is 4.45. The molecule has 0 aliphatic carbocycles. The molecular formula is C16H15BrClNO. The standard InChI is InChI=1S/C16H15BrClNO/c1-3-19(14-10-5-4-7-11(14)2)16(20)12-8-6-9-13(17)15(12)18/h4-10H,3H2,1-2H3. The van der Waals surface area contributed by atoms with Gasteiger partial charge in [0, 0.05) is 16.7 Å². The number of carbonyl (C=O) groups is 1. The lowest BCUT2D eigenvalue weighted by Gasteiger charge is -2.23. The van der Waals surface area contributed by atoms with Gasteiger partial charge in [-0.15, -0.1) is 0 Å². The topological polar surface area (TPSA) is 20.3 Å². The van der Waals surface area contributed by atoms with Crippen LogP contribution in [0.15, 0.2) is 46.9 Å². The Balaban J connectivity index is 2.45. The summed E-state index contributed by atoms with van der Waals surface area (Å²) in [6.07, 6.45) is 0. The maximum absolute atomic E-state index is 12.7. The zero-order valence-corrected chi connectivity index (χ0v) is 13.7. The number of hydrogen-bond donors (Lipinski definition) is 0. The molecule has 4 heteroatoms. The van der Waals surface area contributed by atoms with Crippen molar-refractivity contribution in [3.63, 3.8) is 0 Å². The Morgan fingerprint density at radius 1 is 1.20 bits per heavy atom. The third kappa shape index (κ3) is 2.89. The maximum atomic E-state index is 12.7. The van der Waals surface area contributed by atoms with Gasteiger partial charge in [-0.2, -0.15) is 0 Å². The van der Waals surface area contributed by atoms with E-state index in [1.807, 2.05) is 50.2 Å². The molecule has 0 radical (unpaired) electrons. The molecule has 0 spiro atoms. The third-order valence-electron chi connectivity index (χ3n) is 3.15. The monoisotopic (exact) mass is 351 g/mol. The number of hydrogen-bond acceptors (Lipinski definition) is 1. The van der Waals surface area contributed by atoms with Gasteiger partial charge in [0.15, 0.2) is 0 Å². The van der Waals surface area contributed by atoms with Gasteiger partial charge in [0.2, 0.25) is 0 Å². The number of nitrogens with zero attached hydrogens (tertiary/aromatic N) is 1. The molecule has 2 aromatic carbocycles. The van der Waals surface area contributed by atoms with Crippen LogP contribution in [-0.2, 0) is 0 Å². The number of halogens is 2. The zero-order chi connectivity index (χ0) is 14.7. The fraction of sp³-hybridized carbons (Fsp3) is 0.188. The summed E-state index contributed by atoms with van der Waals surface area (Å²) in [6.45, 7) is 4.54. The van der Waals surface area contributed by atoms with Gasteiger partial charge in [-0.3, -0.25) is 4.79 Å². The van der Waals surface area contributed by atoms with Gasteiger partial charge in [0.1, 0.15) is 0 Å². The van der Waals surface area contributed by atoms with Gasteiger partial charge in [-0.05, 0) is 53.5 Å². The van der Waals surface area contributed by atoms with Gasteiger partial charge in [0.25, 0.3) is 5.91 Å². The Hall–Kier alpha value is -1.32. The van der Waals surface area contributed by atoms with Crippen LogP contribution in [-0.4, -0.2) is 12.5 Å². The van der Waals surface area contributed by atoms with E-state index in [4.69, 9.17) is 11.6 Å². The van der Waals surface area contributed by atoms with Crippen LogP contribution in [0.4, 0.5) is 5.69 Å². The van der Waals surface area contributed by atoms with Gasteiger partial charge >= 0.3 is 0 Å². The average molecular weight is 353 g/mol. The number of benzene rings is 2. The molecule has 0 N–H and O–H groups in total. The highest BCUT2D eigenvalue weighted by Crippen LogP contribution is 2.29. The van der Waals surface area contributed by atoms with Gasteiger partial charge in [0.05, 0.1) is 10.6 Å². The van der Waals surface area contributed by atoms with E-state index in [-0.39, 0.29) is 5.91 Å². The molecule has 104 valence electrons. The molecule has 0 saturated heterocycles. The van der Waals surface area contributed by atoms with Crippen molar-refractivity contribution in [3.05, 3.63) is 63.1 Å². The predicted molar refractivity (Wildman–Crippen MR) is 87.7 cm³/mol. The summed E-state index contributed by atoms with van der Waals surface area (Å²) >= 11 is 9.58. The summed E-state index contributed by atoms with van der Waals surface area (Å²) in [6, 6.07) is 13.2. The van der Waals surface area contributed by atoms with E-state index in [0.717, 1.165) is 15.7 Å². The number of aryl methyl sites for hydroxylation is 1. The van der Waals surface area contributed by atoms with E-state index < -0.39 is 0 Å². The van der Waals surface area contributed by atoms with Gasteiger partial charge in [-0.1, -0.05) is 35.9 Å². The molecule has 0 bridgehead atoms. The summed E-state index contributed by atoms with van der Waals surface area (Å²) in [7, 11) is 0. The Morgan fingerprint density at radius 2 is 1.90 bits per heavy atom. The van der Waals surface area contributed by atoms with Crippen molar-refractivity contribution in [1.82, 2.24) is 0 Å². The minimum atomic E-state index is -0.0897. The average Bonchev–Trinajstić information content (AvgIpc) is 2.44. The van der Waals surface area contributed by atoms with Crippen LogP contribution in [0, 0.1) is 6.92 Å². The number of rotatable bonds is 3. The van der Waals surface area contributed by atoms with E-state index in [1.165, 1.54) is 0 Å². The number of carbonyl (C=O) groups excluding carboxylic acids is 1. The summed E-state index contributed by atoms with van der Waals surface area (Å²) < 4.78 is 0.728. The molecule has 0 atom stereocenters. The van der Waals surface area contributed by atoms with Crippen molar-refractivity contribution in [2.45, 2.75) is 13.8 Å². The molecule has 2 aromatic rings. The van der Waals surface area contributed by atoms with E-state index >= 15 is 0 Å². The van der Waals surface area contributed by atoms with Crippen LogP contribution in [0.25, 0.3) is 0 Å². The number of amides is 1. The molecule has 1 amide bonds. The van der Waals surface area contributed by atoms with Crippen LogP contribution in [0.3, 0.4) is 0 Å². The van der Waals surface area contributed by atoms with Crippen LogP contribution in [0.2, 0.25) is 5.02 Å². The molecule has 0 heterocycles. The Morgan fingerprint density at radius 3 is 2.55 bits per heavy atom. The second-order valence-electron chi connectivity index (χ2n) is 4.44. The number of para-hydroxylation sites is 1. The largest absolute Gasteiger partial charge is 0.308 e. The molecule has 2 rings (SSSR count). The van der Waals surface area contributed by atoms with Crippen molar-refractivity contribution in [1.29, 1.82) is 0 Å². The van der Waals surface area contributed by atoms with Gasteiger partial charge in [-0.25, -0.2) is 0 Å². The second kappa shape index (κ2) is 6.42. The quantitative estimate of drug-likeness (QED) is 0.754. The lowest BCUT2D eigenvalue weighted by Crippen LogP contribution is -2.31. The summed E-state index contributed by atoms with van der Waals surface area (Å²) in [5, 5.41) is 0.449. The molecule has 2 nitrogen and oxygen atoms in total. The first-order chi connectivity index (χ1) is 9.56. The van der Waals surface area contributed by atoms with Crippen molar-refractivity contribution in [2.75, 3.05) is 11.4 Å². The van der Waals surface area contributed by atoms with Crippen LogP contribution < -0.4 is 4.90 Å². The van der Waals surface area contributed by atoms with Gasteiger partial charge < -0.3 is 4.90 Å². The van der Waals surface area contributed by atoms with Crippen LogP contribution in [0.1, 0.15) is 22.8 Å². The van der Waals surface area contributed by atoms with Crippen molar-refractivity contribution < 1.29 is 4.79 Å².